The number of hydrogen-bond donors (Lipinski definition) is 1. The van der Waals surface area contributed by atoms with Crippen molar-refractivity contribution in [2.75, 3.05) is 5.32 Å². The van der Waals surface area contributed by atoms with Crippen LogP contribution >= 0.6 is 11.6 Å². The highest BCUT2D eigenvalue weighted by atomic mass is 35.5. The van der Waals surface area contributed by atoms with Crippen LogP contribution in [-0.2, 0) is 0 Å². The highest BCUT2D eigenvalue weighted by molar-refractivity contribution is 6.30. The molecule has 0 aliphatic heterocycles. The van der Waals surface area contributed by atoms with E-state index in [4.69, 9.17) is 18.2 Å². The zero-order valence-corrected chi connectivity index (χ0v) is 10.9. The number of carbonyl (C=O) groups excluding carboxylic acids is 1. The van der Waals surface area contributed by atoms with E-state index in [1.165, 1.54) is 6.07 Å². The summed E-state index contributed by atoms with van der Waals surface area (Å²) in [5, 5.41) is 3.23. The predicted molar refractivity (Wildman–Crippen MR) is 74.6 cm³/mol. The minimum atomic E-state index is -0.365. The molecule has 0 atom stereocenters. The van der Waals surface area contributed by atoms with E-state index in [-0.39, 0.29) is 11.6 Å². The van der Waals surface area contributed by atoms with Gasteiger partial charge in [-0.15, -0.1) is 0 Å². The van der Waals surface area contributed by atoms with Crippen molar-refractivity contribution in [2.24, 2.45) is 0 Å². The number of pyridine rings is 1. The molecule has 0 saturated heterocycles. The number of nitrogens with one attached hydrogen (secondary N) is 1. The molecule has 19 heavy (non-hydrogen) atoms. The van der Waals surface area contributed by atoms with Gasteiger partial charge in [-0.2, -0.15) is 0 Å². The first-order valence-electron chi connectivity index (χ1n) is 5.51. The molecule has 0 unspecified atom stereocenters. The molecule has 2 aromatic rings. The van der Waals surface area contributed by atoms with Gasteiger partial charge in [-0.05, 0) is 37.3 Å². The molecule has 1 aromatic heterocycles. The van der Waals surface area contributed by atoms with Crippen molar-refractivity contribution >= 4 is 28.9 Å². The molecular weight excluding hydrogens is 262 g/mol. The Balaban J connectivity index is 2.25. The Morgan fingerprint density at radius 3 is 2.84 bits per heavy atom. The second-order valence-electron chi connectivity index (χ2n) is 3.93. The van der Waals surface area contributed by atoms with Crippen molar-refractivity contribution in [1.82, 2.24) is 4.98 Å². The SMILES string of the molecule is [C-]#[N+]c1cc(C)nc(C(=O)Nc2cccc(Cl)c2)c1. The summed E-state index contributed by atoms with van der Waals surface area (Å²) in [7, 11) is 0. The van der Waals surface area contributed by atoms with E-state index in [1.807, 2.05) is 0 Å². The van der Waals surface area contributed by atoms with E-state index in [9.17, 15) is 4.79 Å². The molecule has 94 valence electrons. The lowest BCUT2D eigenvalue weighted by molar-refractivity contribution is 0.102. The molecule has 0 fully saturated rings. The van der Waals surface area contributed by atoms with Gasteiger partial charge in [0.05, 0.1) is 6.57 Å². The topological polar surface area (TPSA) is 46.4 Å². The quantitative estimate of drug-likeness (QED) is 0.844. The van der Waals surface area contributed by atoms with Gasteiger partial charge >= 0.3 is 0 Å². The molecule has 0 bridgehead atoms. The number of anilines is 1. The molecule has 5 heteroatoms. The van der Waals surface area contributed by atoms with Crippen LogP contribution < -0.4 is 5.32 Å². The molecule has 0 aliphatic rings. The summed E-state index contributed by atoms with van der Waals surface area (Å²) in [6, 6.07) is 9.93. The van der Waals surface area contributed by atoms with Gasteiger partial charge in [-0.1, -0.05) is 17.7 Å². The zero-order valence-electron chi connectivity index (χ0n) is 10.1. The predicted octanol–water partition coefficient (Wildman–Crippen LogP) is 3.85. The molecular formula is C14H10ClN3O. The van der Waals surface area contributed by atoms with Gasteiger partial charge in [0.25, 0.3) is 5.91 Å². The van der Waals surface area contributed by atoms with Crippen molar-refractivity contribution in [3.8, 4) is 0 Å². The second-order valence-corrected chi connectivity index (χ2v) is 4.36. The second kappa shape index (κ2) is 5.51. The summed E-state index contributed by atoms with van der Waals surface area (Å²) in [6.45, 7) is 8.72. The Bertz CT molecular complexity index is 677. The lowest BCUT2D eigenvalue weighted by atomic mass is 10.2. The van der Waals surface area contributed by atoms with Crippen LogP contribution in [0.4, 0.5) is 11.4 Å². The van der Waals surface area contributed by atoms with Gasteiger partial charge < -0.3 is 5.32 Å². The number of hydrogen-bond acceptors (Lipinski definition) is 2. The molecule has 4 nitrogen and oxygen atoms in total. The van der Waals surface area contributed by atoms with Crippen molar-refractivity contribution in [3.63, 3.8) is 0 Å². The molecule has 0 aliphatic carbocycles. The summed E-state index contributed by atoms with van der Waals surface area (Å²) in [4.78, 5) is 19.4. The zero-order chi connectivity index (χ0) is 13.8. The van der Waals surface area contributed by atoms with Gasteiger partial charge in [0.1, 0.15) is 5.69 Å². The Kier molecular flexibility index (Phi) is 3.79. The first kappa shape index (κ1) is 13.1. The van der Waals surface area contributed by atoms with Crippen LogP contribution in [0.1, 0.15) is 16.2 Å². The molecule has 1 aromatic carbocycles. The van der Waals surface area contributed by atoms with Crippen molar-refractivity contribution in [1.29, 1.82) is 0 Å². The van der Waals surface area contributed by atoms with Crippen LogP contribution in [0.25, 0.3) is 4.85 Å². The molecule has 1 heterocycles. The van der Waals surface area contributed by atoms with Crippen LogP contribution in [0.5, 0.6) is 0 Å². The number of amides is 1. The minimum absolute atomic E-state index is 0.214. The summed E-state index contributed by atoms with van der Waals surface area (Å²) in [5.41, 5.74) is 1.82. The summed E-state index contributed by atoms with van der Waals surface area (Å²) in [6.07, 6.45) is 0. The minimum Gasteiger partial charge on any atom is -0.321 e. The number of nitrogens with zero attached hydrogens (tertiary/aromatic N) is 2. The third kappa shape index (κ3) is 3.30. The summed E-state index contributed by atoms with van der Waals surface area (Å²) < 4.78 is 0. The lowest BCUT2D eigenvalue weighted by Gasteiger charge is -2.06. The van der Waals surface area contributed by atoms with Crippen LogP contribution in [0.3, 0.4) is 0 Å². The van der Waals surface area contributed by atoms with E-state index in [0.717, 1.165) is 0 Å². The maximum absolute atomic E-state index is 12.0. The highest BCUT2D eigenvalue weighted by Gasteiger charge is 2.09. The van der Waals surface area contributed by atoms with Crippen LogP contribution in [0, 0.1) is 13.5 Å². The third-order valence-corrected chi connectivity index (χ3v) is 2.62. The highest BCUT2D eigenvalue weighted by Crippen LogP contribution is 2.18. The van der Waals surface area contributed by atoms with Gasteiger partial charge in [-0.25, -0.2) is 4.85 Å². The van der Waals surface area contributed by atoms with Gasteiger partial charge in [0.2, 0.25) is 0 Å². The molecule has 0 saturated carbocycles. The van der Waals surface area contributed by atoms with E-state index >= 15 is 0 Å². The fraction of sp³-hybridized carbons (Fsp3) is 0.0714. The first-order valence-corrected chi connectivity index (χ1v) is 5.89. The van der Waals surface area contributed by atoms with Gasteiger partial charge in [-0.3, -0.25) is 9.78 Å². The normalized spacial score (nSPS) is 9.74. The van der Waals surface area contributed by atoms with Crippen molar-refractivity contribution < 1.29 is 4.79 Å². The van der Waals surface area contributed by atoms with E-state index in [0.29, 0.717) is 22.1 Å². The largest absolute Gasteiger partial charge is 0.321 e. The summed E-state index contributed by atoms with van der Waals surface area (Å²) in [5.74, 6) is -0.365. The molecule has 0 spiro atoms. The van der Waals surface area contributed by atoms with E-state index in [2.05, 4.69) is 15.1 Å². The van der Waals surface area contributed by atoms with Gasteiger partial charge in [0.15, 0.2) is 5.69 Å². The number of carbonyl (C=O) groups is 1. The Labute approximate surface area is 115 Å². The smallest absolute Gasteiger partial charge is 0.272 e. The number of aryl methyl sites for hydroxylation is 1. The Morgan fingerprint density at radius 1 is 1.37 bits per heavy atom. The number of aromatic nitrogens is 1. The monoisotopic (exact) mass is 271 g/mol. The van der Waals surface area contributed by atoms with Crippen LogP contribution in [0.2, 0.25) is 5.02 Å². The Hall–Kier alpha value is -2.38. The number of rotatable bonds is 2. The fourth-order valence-electron chi connectivity index (χ4n) is 1.59. The molecule has 2 rings (SSSR count). The number of benzene rings is 1. The number of halogens is 1. The van der Waals surface area contributed by atoms with E-state index < -0.39 is 0 Å². The first-order chi connectivity index (χ1) is 9.08. The average Bonchev–Trinajstić information content (AvgIpc) is 2.38. The van der Waals surface area contributed by atoms with Crippen LogP contribution in [-0.4, -0.2) is 10.9 Å². The molecule has 0 radical (unpaired) electrons. The molecule has 1 amide bonds. The fourth-order valence-corrected chi connectivity index (χ4v) is 1.78. The molecule has 1 N–H and O–H groups in total. The maximum atomic E-state index is 12.0. The van der Waals surface area contributed by atoms with Gasteiger partial charge in [0, 0.05) is 16.4 Å². The third-order valence-electron chi connectivity index (χ3n) is 2.38. The van der Waals surface area contributed by atoms with Crippen molar-refractivity contribution in [3.05, 3.63) is 64.2 Å². The standard InChI is InChI=1S/C14H10ClN3O/c1-9-6-12(16-2)8-13(17-9)14(19)18-11-5-3-4-10(15)7-11/h3-8H,1H3,(H,18,19). The van der Waals surface area contributed by atoms with Crippen LogP contribution in [0.15, 0.2) is 36.4 Å². The van der Waals surface area contributed by atoms with E-state index in [1.54, 1.807) is 37.3 Å². The Morgan fingerprint density at radius 2 is 2.16 bits per heavy atom. The summed E-state index contributed by atoms with van der Waals surface area (Å²) >= 11 is 5.84. The van der Waals surface area contributed by atoms with Crippen molar-refractivity contribution in [2.45, 2.75) is 6.92 Å². The lowest BCUT2D eigenvalue weighted by Crippen LogP contribution is -2.13. The average molecular weight is 272 g/mol. The maximum Gasteiger partial charge on any atom is 0.272 e.